The van der Waals surface area contributed by atoms with Gasteiger partial charge in [0.1, 0.15) is 54.9 Å². The summed E-state index contributed by atoms with van der Waals surface area (Å²) in [5, 5.41) is 38.5. The summed E-state index contributed by atoms with van der Waals surface area (Å²) in [4.78, 5) is 2.14. The maximum Gasteiger partial charge on any atom is 0.164 e. The van der Waals surface area contributed by atoms with Crippen LogP contribution in [0.15, 0.2) is 53.2 Å². The predicted octanol–water partition coefficient (Wildman–Crippen LogP) is 4.32. The van der Waals surface area contributed by atoms with E-state index in [-0.39, 0.29) is 24.4 Å². The number of hydrogen-bond acceptors (Lipinski definition) is 11. The number of nitrogens with one attached hydrogen (secondary N) is 1. The van der Waals surface area contributed by atoms with Gasteiger partial charge in [0.25, 0.3) is 0 Å². The molecular weight excluding hydrogens is 973 g/mol. The van der Waals surface area contributed by atoms with Gasteiger partial charge in [-0.1, -0.05) is 42.5 Å². The maximum absolute atomic E-state index is 11.9. The molecule has 1 aromatic carbocycles. The zero-order valence-electron chi connectivity index (χ0n) is 28.3. The van der Waals surface area contributed by atoms with Crippen molar-refractivity contribution >= 4 is 67.8 Å². The van der Waals surface area contributed by atoms with Gasteiger partial charge in [-0.25, -0.2) is 0 Å². The molecule has 1 aromatic rings. The molecule has 0 amide bonds. The lowest BCUT2D eigenvalue weighted by atomic mass is 9.87. The zero-order chi connectivity index (χ0) is 35.2. The van der Waals surface area contributed by atoms with E-state index in [9.17, 15) is 15.3 Å². The summed E-state index contributed by atoms with van der Waals surface area (Å²) in [5.41, 5.74) is 2.04. The van der Waals surface area contributed by atoms with Crippen molar-refractivity contribution in [3.8, 4) is 0 Å². The first-order chi connectivity index (χ1) is 22.9. The van der Waals surface area contributed by atoms with E-state index in [2.05, 4.69) is 96.2 Å². The maximum atomic E-state index is 11.9. The molecule has 6 aliphatic rings. The van der Waals surface area contributed by atoms with Crippen LogP contribution in [-0.4, -0.2) is 111 Å². The molecule has 12 atom stereocenters. The number of rotatable bonds is 7. The highest BCUT2D eigenvalue weighted by Gasteiger charge is 2.56. The van der Waals surface area contributed by atoms with Crippen LogP contribution in [0.3, 0.4) is 0 Å². The first-order valence-electron chi connectivity index (χ1n) is 16.7. The van der Waals surface area contributed by atoms with Gasteiger partial charge in [0, 0.05) is 23.8 Å². The molecule has 7 rings (SSSR count). The van der Waals surface area contributed by atoms with Gasteiger partial charge in [-0.15, -0.1) is 0 Å². The standard InChI is InChI=1S/C35H45I3N2O9/c1-33(2)44-27-18(36)11-21(24(41)30(27)47-33)39-14-16-8-7-9-17(10-16)15-40(22-12-19(37)28-31(25(22)42)48-34(3,4)45-28)23-13-20(38)29-32(26(23)43)49-35(5,6)46-29/h7-13,21-32,39,41-43H,14-15H2,1-6H3/t21-,22-,23-,24+,25+,26+,27+,28+,29+,30-,31-,32-/m0/s1. The summed E-state index contributed by atoms with van der Waals surface area (Å²) in [7, 11) is 0. The topological polar surface area (TPSA) is 131 Å². The van der Waals surface area contributed by atoms with Crippen LogP contribution in [0, 0.1) is 0 Å². The molecule has 3 heterocycles. The second kappa shape index (κ2) is 13.8. The number of nitrogens with zero attached hydrogens (tertiary/aromatic N) is 1. The van der Waals surface area contributed by atoms with E-state index in [1.807, 2.05) is 65.8 Å². The summed E-state index contributed by atoms with van der Waals surface area (Å²) in [5.74, 6) is -2.42. The van der Waals surface area contributed by atoms with Gasteiger partial charge >= 0.3 is 0 Å². The lowest BCUT2D eigenvalue weighted by Gasteiger charge is -2.46. The Morgan fingerprint density at radius 3 is 1.55 bits per heavy atom. The summed E-state index contributed by atoms with van der Waals surface area (Å²) in [6, 6.07) is 6.96. The molecule has 49 heavy (non-hydrogen) atoms. The van der Waals surface area contributed by atoms with Gasteiger partial charge in [-0.05, 0) is 120 Å². The van der Waals surface area contributed by atoms with Gasteiger partial charge in [0.05, 0.1) is 18.1 Å². The molecular formula is C35H45I3N2O9. The van der Waals surface area contributed by atoms with E-state index >= 15 is 0 Å². The largest absolute Gasteiger partial charge is 0.388 e. The van der Waals surface area contributed by atoms with Crippen LogP contribution in [0.4, 0.5) is 0 Å². The van der Waals surface area contributed by atoms with Crippen molar-refractivity contribution in [1.82, 2.24) is 10.2 Å². The van der Waals surface area contributed by atoms with Crippen molar-refractivity contribution in [3.63, 3.8) is 0 Å². The van der Waals surface area contributed by atoms with Crippen molar-refractivity contribution in [3.05, 3.63) is 64.4 Å². The van der Waals surface area contributed by atoms with Crippen LogP contribution in [0.2, 0.25) is 0 Å². The van der Waals surface area contributed by atoms with Crippen molar-refractivity contribution < 1.29 is 43.7 Å². The number of halogens is 3. The van der Waals surface area contributed by atoms with Gasteiger partial charge < -0.3 is 49.1 Å². The highest BCUT2D eigenvalue weighted by Crippen LogP contribution is 2.45. The predicted molar refractivity (Wildman–Crippen MR) is 206 cm³/mol. The van der Waals surface area contributed by atoms with Crippen molar-refractivity contribution in [2.45, 2.75) is 145 Å². The normalized spacial score (nSPS) is 41.9. The Labute approximate surface area is 328 Å². The minimum absolute atomic E-state index is 0.275. The Hall–Kier alpha value is 0.190. The van der Waals surface area contributed by atoms with E-state index < -0.39 is 66.1 Å². The second-order valence-electron chi connectivity index (χ2n) is 15.1. The lowest BCUT2D eigenvalue weighted by Crippen LogP contribution is -2.61. The van der Waals surface area contributed by atoms with E-state index in [4.69, 9.17) is 28.4 Å². The van der Waals surface area contributed by atoms with E-state index in [1.165, 1.54) is 0 Å². The Morgan fingerprint density at radius 2 is 1.06 bits per heavy atom. The van der Waals surface area contributed by atoms with Crippen LogP contribution in [0.25, 0.3) is 0 Å². The Balaban J connectivity index is 1.15. The number of aliphatic hydroxyl groups excluding tert-OH is 3. The highest BCUT2D eigenvalue weighted by atomic mass is 127. The first-order valence-corrected chi connectivity index (χ1v) is 20.0. The van der Waals surface area contributed by atoms with Crippen LogP contribution in [0.5, 0.6) is 0 Å². The monoisotopic (exact) mass is 1020 g/mol. The molecule has 3 fully saturated rings. The Bertz CT molecular complexity index is 1480. The molecule has 0 unspecified atom stereocenters. The Morgan fingerprint density at radius 1 is 0.633 bits per heavy atom. The van der Waals surface area contributed by atoms with Crippen LogP contribution < -0.4 is 5.32 Å². The minimum atomic E-state index is -0.916. The molecule has 3 aliphatic carbocycles. The second-order valence-corrected chi connectivity index (χ2v) is 18.8. The molecule has 0 saturated carbocycles. The fourth-order valence-electron chi connectivity index (χ4n) is 7.89. The first kappa shape index (κ1) is 37.5. The number of hydrogen-bond donors (Lipinski definition) is 4. The van der Waals surface area contributed by atoms with E-state index in [0.29, 0.717) is 13.1 Å². The summed E-state index contributed by atoms with van der Waals surface area (Å²) in [6.45, 7) is 12.1. The molecule has 3 aliphatic heterocycles. The Kier molecular flexibility index (Phi) is 10.6. The van der Waals surface area contributed by atoms with E-state index in [0.717, 1.165) is 21.9 Å². The van der Waals surface area contributed by atoms with E-state index in [1.54, 1.807) is 0 Å². The van der Waals surface area contributed by atoms with Crippen LogP contribution in [-0.2, 0) is 41.5 Å². The zero-order valence-corrected chi connectivity index (χ0v) is 34.7. The summed E-state index contributed by atoms with van der Waals surface area (Å²) in [6.07, 6.45) is 0.934. The average molecular weight is 1020 g/mol. The molecule has 4 N–H and O–H groups in total. The molecule has 0 spiro atoms. The minimum Gasteiger partial charge on any atom is -0.388 e. The fourth-order valence-corrected chi connectivity index (χ4v) is 10.5. The van der Waals surface area contributed by atoms with Crippen molar-refractivity contribution in [2.24, 2.45) is 0 Å². The smallest absolute Gasteiger partial charge is 0.164 e. The van der Waals surface area contributed by atoms with Crippen LogP contribution in [0.1, 0.15) is 52.7 Å². The fraction of sp³-hybridized carbons (Fsp3) is 0.657. The average Bonchev–Trinajstić information content (AvgIpc) is 3.66. The number of aliphatic hydroxyl groups is 3. The third kappa shape index (κ3) is 7.49. The van der Waals surface area contributed by atoms with Crippen LogP contribution >= 0.6 is 67.8 Å². The molecule has 0 aromatic heterocycles. The number of fused-ring (bicyclic) bond motifs is 3. The van der Waals surface area contributed by atoms with Crippen molar-refractivity contribution in [2.75, 3.05) is 0 Å². The molecule has 270 valence electrons. The molecule has 3 saturated heterocycles. The number of benzene rings is 1. The summed E-state index contributed by atoms with van der Waals surface area (Å²) >= 11 is 6.84. The molecule has 11 nitrogen and oxygen atoms in total. The lowest BCUT2D eigenvalue weighted by molar-refractivity contribution is -0.162. The highest BCUT2D eigenvalue weighted by molar-refractivity contribution is 14.1. The van der Waals surface area contributed by atoms with Gasteiger partial charge in [-0.2, -0.15) is 0 Å². The van der Waals surface area contributed by atoms with Crippen molar-refractivity contribution in [1.29, 1.82) is 0 Å². The molecule has 0 bridgehead atoms. The molecule has 14 heteroatoms. The van der Waals surface area contributed by atoms with Gasteiger partial charge in [0.15, 0.2) is 17.4 Å². The van der Waals surface area contributed by atoms with Gasteiger partial charge in [0.2, 0.25) is 0 Å². The quantitative estimate of drug-likeness (QED) is 0.292. The third-order valence-electron chi connectivity index (χ3n) is 9.94. The van der Waals surface area contributed by atoms with Gasteiger partial charge in [-0.3, -0.25) is 4.90 Å². The number of ether oxygens (including phenoxy) is 6. The molecule has 0 radical (unpaired) electrons. The summed E-state index contributed by atoms with van der Waals surface area (Å²) < 4.78 is 39.8. The SMILES string of the molecule is CC1(C)O[C@H]2[C@H](O)[C@@H](NCc3cccc(CN([C@H]4C=C(I)[C@H]5OC(C)(C)O[C@H]5[C@@H]4O)[C@H]4C=C(I)[C@H]5OC(C)(C)O[C@H]5[C@@H]4O)c3)C=C(I)[C@H]2O1. The third-order valence-corrected chi connectivity index (χ3v) is 12.9.